The predicted octanol–water partition coefficient (Wildman–Crippen LogP) is 1.28. The standard InChI is InChI=1S/C8H9N5S/c1-2-7-11-12-8(14)13(7)6-3-9-5-10-4-6/h3-5H,2H2,1H3,(H,12,14). The van der Waals surface area contributed by atoms with Crippen molar-refractivity contribution in [2.24, 2.45) is 0 Å². The molecule has 2 aromatic rings. The summed E-state index contributed by atoms with van der Waals surface area (Å²) in [6.07, 6.45) is 5.70. The van der Waals surface area contributed by atoms with E-state index in [1.165, 1.54) is 6.33 Å². The molecule has 0 fully saturated rings. The van der Waals surface area contributed by atoms with Gasteiger partial charge in [0.05, 0.1) is 18.1 Å². The van der Waals surface area contributed by atoms with Crippen LogP contribution >= 0.6 is 12.2 Å². The average molecular weight is 207 g/mol. The maximum Gasteiger partial charge on any atom is 0.199 e. The first-order valence-corrected chi connectivity index (χ1v) is 4.65. The van der Waals surface area contributed by atoms with Crippen molar-refractivity contribution in [1.82, 2.24) is 24.7 Å². The molecule has 2 rings (SSSR count). The first-order chi connectivity index (χ1) is 6.83. The Bertz CT molecular complexity index is 472. The van der Waals surface area contributed by atoms with Crippen molar-refractivity contribution in [2.45, 2.75) is 13.3 Å². The summed E-state index contributed by atoms with van der Waals surface area (Å²) in [5, 5.41) is 6.85. The monoisotopic (exact) mass is 207 g/mol. The van der Waals surface area contributed by atoms with Crippen LogP contribution in [0.5, 0.6) is 0 Å². The number of hydrogen-bond donors (Lipinski definition) is 1. The fourth-order valence-electron chi connectivity index (χ4n) is 1.24. The van der Waals surface area contributed by atoms with Crippen molar-refractivity contribution >= 4 is 12.2 Å². The van der Waals surface area contributed by atoms with Gasteiger partial charge < -0.3 is 0 Å². The highest BCUT2D eigenvalue weighted by molar-refractivity contribution is 7.71. The average Bonchev–Trinajstić information content (AvgIpc) is 2.61. The van der Waals surface area contributed by atoms with Crippen LogP contribution in [-0.2, 0) is 6.42 Å². The van der Waals surface area contributed by atoms with Gasteiger partial charge in [-0.25, -0.2) is 9.97 Å². The van der Waals surface area contributed by atoms with Crippen molar-refractivity contribution in [2.75, 3.05) is 0 Å². The van der Waals surface area contributed by atoms with Gasteiger partial charge in [-0.05, 0) is 12.2 Å². The Morgan fingerprint density at radius 3 is 2.79 bits per heavy atom. The Hall–Kier alpha value is -1.56. The highest BCUT2D eigenvalue weighted by Crippen LogP contribution is 2.08. The first-order valence-electron chi connectivity index (χ1n) is 4.24. The van der Waals surface area contributed by atoms with Crippen LogP contribution in [0.4, 0.5) is 0 Å². The molecule has 0 atom stereocenters. The number of aromatic nitrogens is 5. The Balaban J connectivity index is 2.61. The number of rotatable bonds is 2. The molecule has 0 aliphatic rings. The molecule has 0 aliphatic heterocycles. The van der Waals surface area contributed by atoms with E-state index >= 15 is 0 Å². The van der Waals surface area contributed by atoms with Crippen LogP contribution in [0.15, 0.2) is 18.7 Å². The smallest absolute Gasteiger partial charge is 0.199 e. The molecular formula is C8H9N5S. The van der Waals surface area contributed by atoms with Crippen molar-refractivity contribution < 1.29 is 0 Å². The summed E-state index contributed by atoms with van der Waals surface area (Å²) in [5.41, 5.74) is 0.836. The molecule has 2 heterocycles. The second-order valence-corrected chi connectivity index (χ2v) is 3.12. The Morgan fingerprint density at radius 2 is 2.14 bits per heavy atom. The second kappa shape index (κ2) is 3.67. The summed E-state index contributed by atoms with van der Waals surface area (Å²) in [5.74, 6) is 0.879. The Kier molecular flexibility index (Phi) is 2.36. The summed E-state index contributed by atoms with van der Waals surface area (Å²) < 4.78 is 2.40. The van der Waals surface area contributed by atoms with Crippen LogP contribution in [-0.4, -0.2) is 24.7 Å². The van der Waals surface area contributed by atoms with Gasteiger partial charge in [0.1, 0.15) is 12.2 Å². The van der Waals surface area contributed by atoms with Crippen molar-refractivity contribution in [1.29, 1.82) is 0 Å². The van der Waals surface area contributed by atoms with Crippen LogP contribution in [0.25, 0.3) is 5.69 Å². The molecule has 6 heteroatoms. The lowest BCUT2D eigenvalue weighted by atomic mass is 10.4. The van der Waals surface area contributed by atoms with Gasteiger partial charge in [-0.1, -0.05) is 6.92 Å². The van der Waals surface area contributed by atoms with Crippen molar-refractivity contribution in [3.05, 3.63) is 29.3 Å². The normalized spacial score (nSPS) is 10.4. The van der Waals surface area contributed by atoms with Crippen molar-refractivity contribution in [3.8, 4) is 5.69 Å². The molecule has 0 saturated carbocycles. The summed E-state index contributed by atoms with van der Waals surface area (Å²) in [6.45, 7) is 2.02. The summed E-state index contributed by atoms with van der Waals surface area (Å²) in [6, 6.07) is 0. The molecule has 2 aromatic heterocycles. The highest BCUT2D eigenvalue weighted by Gasteiger charge is 2.05. The second-order valence-electron chi connectivity index (χ2n) is 2.73. The number of hydrogen-bond acceptors (Lipinski definition) is 4. The van der Waals surface area contributed by atoms with Gasteiger partial charge in [0.25, 0.3) is 0 Å². The first kappa shape index (κ1) is 9.01. The zero-order valence-corrected chi connectivity index (χ0v) is 8.45. The van der Waals surface area contributed by atoms with Crippen molar-refractivity contribution in [3.63, 3.8) is 0 Å². The molecule has 14 heavy (non-hydrogen) atoms. The van der Waals surface area contributed by atoms with E-state index in [2.05, 4.69) is 20.2 Å². The molecular weight excluding hydrogens is 198 g/mol. The lowest BCUT2D eigenvalue weighted by molar-refractivity contribution is 0.870. The van der Waals surface area contributed by atoms with E-state index in [9.17, 15) is 0 Å². The number of nitrogens with one attached hydrogen (secondary N) is 1. The minimum Gasteiger partial charge on any atom is -0.269 e. The summed E-state index contributed by atoms with van der Waals surface area (Å²) >= 11 is 5.11. The molecule has 0 aromatic carbocycles. The van der Waals surface area contributed by atoms with Crippen LogP contribution in [0.2, 0.25) is 0 Å². The maximum absolute atomic E-state index is 5.11. The zero-order valence-electron chi connectivity index (χ0n) is 7.64. The van der Waals surface area contributed by atoms with E-state index in [0.29, 0.717) is 4.77 Å². The molecule has 0 radical (unpaired) electrons. The number of H-pyrrole nitrogens is 1. The van der Waals surface area contributed by atoms with Crippen LogP contribution in [0.3, 0.4) is 0 Å². The van der Waals surface area contributed by atoms with E-state index in [1.54, 1.807) is 12.4 Å². The minimum absolute atomic E-state index is 0.566. The number of aryl methyl sites for hydroxylation is 1. The fraction of sp³-hybridized carbons (Fsp3) is 0.250. The van der Waals surface area contributed by atoms with Gasteiger partial charge in [-0.2, -0.15) is 5.10 Å². The SMILES string of the molecule is CCc1n[nH]c(=S)n1-c1cncnc1. The van der Waals surface area contributed by atoms with E-state index in [4.69, 9.17) is 12.2 Å². The molecule has 72 valence electrons. The third-order valence-electron chi connectivity index (χ3n) is 1.86. The largest absolute Gasteiger partial charge is 0.269 e. The van der Waals surface area contributed by atoms with Crippen LogP contribution in [0.1, 0.15) is 12.7 Å². The Morgan fingerprint density at radius 1 is 1.43 bits per heavy atom. The lowest BCUT2D eigenvalue weighted by Gasteiger charge is -2.02. The molecule has 5 nitrogen and oxygen atoms in total. The summed E-state index contributed by atoms with van der Waals surface area (Å²) in [4.78, 5) is 7.87. The number of nitrogens with zero attached hydrogens (tertiary/aromatic N) is 4. The molecule has 0 aliphatic carbocycles. The van der Waals surface area contributed by atoms with Crippen LogP contribution in [0, 0.1) is 4.77 Å². The van der Waals surface area contributed by atoms with E-state index in [1.807, 2.05) is 11.5 Å². The van der Waals surface area contributed by atoms with E-state index in [-0.39, 0.29) is 0 Å². The van der Waals surface area contributed by atoms with E-state index in [0.717, 1.165) is 17.9 Å². The maximum atomic E-state index is 5.11. The molecule has 0 bridgehead atoms. The molecule has 0 amide bonds. The molecule has 0 unspecified atom stereocenters. The van der Waals surface area contributed by atoms with E-state index < -0.39 is 0 Å². The molecule has 0 saturated heterocycles. The predicted molar refractivity (Wildman–Crippen MR) is 53.7 cm³/mol. The third-order valence-corrected chi connectivity index (χ3v) is 2.14. The minimum atomic E-state index is 0.566. The Labute approximate surface area is 85.8 Å². The zero-order chi connectivity index (χ0) is 9.97. The van der Waals surface area contributed by atoms with Gasteiger partial charge in [0, 0.05) is 6.42 Å². The van der Waals surface area contributed by atoms with Crippen LogP contribution < -0.4 is 0 Å². The summed E-state index contributed by atoms with van der Waals surface area (Å²) in [7, 11) is 0. The van der Waals surface area contributed by atoms with Gasteiger partial charge >= 0.3 is 0 Å². The van der Waals surface area contributed by atoms with Gasteiger partial charge in [0.15, 0.2) is 4.77 Å². The topological polar surface area (TPSA) is 59.4 Å². The third kappa shape index (κ3) is 1.44. The number of aromatic amines is 1. The quantitative estimate of drug-likeness (QED) is 0.754. The molecule has 0 spiro atoms. The van der Waals surface area contributed by atoms with Gasteiger partial charge in [-0.15, -0.1) is 0 Å². The van der Waals surface area contributed by atoms with Gasteiger partial charge in [-0.3, -0.25) is 9.67 Å². The van der Waals surface area contributed by atoms with Gasteiger partial charge in [0.2, 0.25) is 0 Å². The lowest BCUT2D eigenvalue weighted by Crippen LogP contribution is -2.01. The molecule has 1 N–H and O–H groups in total. The fourth-order valence-corrected chi connectivity index (χ4v) is 1.50. The highest BCUT2D eigenvalue weighted by atomic mass is 32.1.